The number of carbonyl (C=O) groups is 6. The fourth-order valence-electron chi connectivity index (χ4n) is 5.36. The summed E-state index contributed by atoms with van der Waals surface area (Å²) in [6.07, 6.45) is 15.5. The summed E-state index contributed by atoms with van der Waals surface area (Å²) in [5, 5.41) is 25.5. The zero-order valence-electron chi connectivity index (χ0n) is 39.2. The molecule has 5 rings (SSSR count). The van der Waals surface area contributed by atoms with Gasteiger partial charge in [-0.25, -0.2) is 27.6 Å². The maximum Gasteiger partial charge on any atom is 0.412 e. The highest BCUT2D eigenvalue weighted by molar-refractivity contribution is 8.13. The number of benzene rings is 5. The van der Waals surface area contributed by atoms with Crippen LogP contribution in [0.5, 0.6) is 0 Å². The van der Waals surface area contributed by atoms with Gasteiger partial charge >= 0.3 is 24.1 Å². The first-order chi connectivity index (χ1) is 32.5. The maximum absolute atomic E-state index is 13.1. The van der Waals surface area contributed by atoms with Crippen molar-refractivity contribution in [2.24, 2.45) is 0 Å². The fourth-order valence-corrected chi connectivity index (χ4v) is 5.36. The number of nitrogens with two attached hydrogens (primary N) is 1. The number of carboxylic acids is 2. The van der Waals surface area contributed by atoms with Crippen LogP contribution in [0, 0.1) is 37.0 Å². The van der Waals surface area contributed by atoms with E-state index >= 15 is 0 Å². The topological polar surface area (TPSA) is 258 Å². The third-order valence-electron chi connectivity index (χ3n) is 8.03. The number of terminal acetylenes is 3. The Morgan fingerprint density at radius 1 is 0.586 bits per heavy atom. The van der Waals surface area contributed by atoms with E-state index in [1.807, 2.05) is 12.1 Å². The van der Waals surface area contributed by atoms with E-state index in [4.69, 9.17) is 44.7 Å². The van der Waals surface area contributed by atoms with E-state index in [9.17, 15) is 37.2 Å². The molecule has 0 atom stereocenters. The summed E-state index contributed by atoms with van der Waals surface area (Å²) in [5.41, 5.74) is 8.28. The van der Waals surface area contributed by atoms with Gasteiger partial charge in [0.05, 0.1) is 17.4 Å². The normalized spacial score (nSPS) is 10.4. The smallest absolute Gasteiger partial charge is 0.412 e. The molecule has 3 amide bonds. The molecule has 7 N–H and O–H groups in total. The summed E-state index contributed by atoms with van der Waals surface area (Å²) < 4.78 is 29.1. The number of Topliss-reactive ketones (excluding diaryl/α,β-unsaturated/α-hetero) is 1. The van der Waals surface area contributed by atoms with Crippen molar-refractivity contribution in [3.63, 3.8) is 0 Å². The number of ketones is 1. The maximum atomic E-state index is 13.1. The quantitative estimate of drug-likeness (QED) is 0.0348. The number of aromatic carboxylic acids is 2. The molecule has 0 saturated heterocycles. The molecule has 0 aromatic heterocycles. The van der Waals surface area contributed by atoms with Gasteiger partial charge in [-0.3, -0.25) is 20.2 Å². The molecule has 0 aliphatic heterocycles. The van der Waals surface area contributed by atoms with Gasteiger partial charge in [-0.1, -0.05) is 42.0 Å². The van der Waals surface area contributed by atoms with E-state index in [0.717, 1.165) is 35.6 Å². The number of ether oxygens (including phenoxy) is 2. The molecule has 0 radical (unpaired) electrons. The number of carbonyl (C=O) groups excluding carboxylic acids is 4. The Kier molecular flexibility index (Phi) is 21.5. The van der Waals surface area contributed by atoms with Crippen LogP contribution in [-0.4, -0.2) is 71.9 Å². The zero-order chi connectivity index (χ0) is 53.0. The van der Waals surface area contributed by atoms with Crippen molar-refractivity contribution >= 4 is 78.3 Å². The zero-order valence-corrected chi connectivity index (χ0v) is 40.7. The minimum Gasteiger partial charge on any atom is -0.478 e. The molecular weight excluding hydrogens is 940 g/mol. The fraction of sp³-hybridized carbons (Fsp3) is 0.192. The van der Waals surface area contributed by atoms with Crippen molar-refractivity contribution in [2.75, 3.05) is 27.9 Å². The monoisotopic (exact) mass is 990 g/mol. The summed E-state index contributed by atoms with van der Waals surface area (Å²) in [4.78, 5) is 71.9. The third kappa shape index (κ3) is 23.3. The Balaban J connectivity index is 0.000000409. The molecule has 364 valence electrons. The van der Waals surface area contributed by atoms with Crippen molar-refractivity contribution < 1.29 is 56.9 Å². The second-order valence-electron chi connectivity index (χ2n) is 16.5. The lowest BCUT2D eigenvalue weighted by Gasteiger charge is -2.20. The molecule has 0 aliphatic rings. The van der Waals surface area contributed by atoms with Crippen molar-refractivity contribution in [3.05, 3.63) is 154 Å². The number of anilines is 4. The van der Waals surface area contributed by atoms with Crippen LogP contribution in [0.1, 0.15) is 105 Å². The lowest BCUT2D eigenvalue weighted by molar-refractivity contribution is 0.0624. The van der Waals surface area contributed by atoms with E-state index in [1.165, 1.54) is 18.2 Å². The molecular formula is C52H51ClN4O12S. The first-order valence-corrected chi connectivity index (χ1v) is 23.1. The molecule has 0 unspecified atom stereocenters. The minimum absolute atomic E-state index is 0.0385. The average Bonchev–Trinajstić information content (AvgIpc) is 3.24. The molecule has 18 heteroatoms. The predicted molar refractivity (Wildman–Crippen MR) is 271 cm³/mol. The lowest BCUT2D eigenvalue weighted by atomic mass is 9.99. The highest BCUT2D eigenvalue weighted by Crippen LogP contribution is 2.22. The molecule has 0 heterocycles. The molecule has 0 bridgehead atoms. The lowest BCUT2D eigenvalue weighted by Crippen LogP contribution is -2.27. The van der Waals surface area contributed by atoms with Gasteiger partial charge in [0.15, 0.2) is 5.78 Å². The molecule has 0 aliphatic carbocycles. The van der Waals surface area contributed by atoms with Gasteiger partial charge in [0.25, 0.3) is 5.91 Å². The van der Waals surface area contributed by atoms with Crippen LogP contribution < -0.4 is 21.7 Å². The first kappa shape index (κ1) is 57.6. The van der Waals surface area contributed by atoms with Crippen molar-refractivity contribution in [3.8, 4) is 37.0 Å². The molecule has 0 spiro atoms. The Labute approximate surface area is 411 Å². The Morgan fingerprint density at radius 2 is 0.986 bits per heavy atom. The van der Waals surface area contributed by atoms with Crippen LogP contribution in [0.15, 0.2) is 109 Å². The molecule has 70 heavy (non-hydrogen) atoms. The SMILES string of the molecule is C#Cc1cccc(CC(=O)c2cc(NC(=O)OC(C)(C)C)cc(C(=O)Nc3cccc(C#C)c3)c2)c1.C#Cc1cccc(N)c1.CC(C)(C)OC(=O)Nc1cc(C(=O)O)cc(C(=O)O)c1.CS(=O)(=O)Cl. The number of nitrogens with one attached hydrogen (secondary N) is 3. The van der Waals surface area contributed by atoms with Gasteiger partial charge in [0.1, 0.15) is 11.2 Å². The molecule has 5 aromatic rings. The van der Waals surface area contributed by atoms with Crippen LogP contribution in [0.3, 0.4) is 0 Å². The van der Waals surface area contributed by atoms with Crippen LogP contribution in [0.2, 0.25) is 0 Å². The number of hydrogen-bond acceptors (Lipinski definition) is 11. The summed E-state index contributed by atoms with van der Waals surface area (Å²) in [6, 6.07) is 29.0. The van der Waals surface area contributed by atoms with Gasteiger partial charge in [0.2, 0.25) is 9.05 Å². The van der Waals surface area contributed by atoms with E-state index < -0.39 is 50.3 Å². The third-order valence-corrected chi connectivity index (χ3v) is 8.03. The number of carboxylic acid groups (broad SMARTS) is 2. The summed E-state index contributed by atoms with van der Waals surface area (Å²) in [5.74, 6) is 4.25. The Hall–Kier alpha value is -8.56. The molecule has 0 fully saturated rings. The number of amides is 3. The van der Waals surface area contributed by atoms with Crippen LogP contribution in [0.4, 0.5) is 32.3 Å². The Bertz CT molecular complexity index is 2860. The van der Waals surface area contributed by atoms with E-state index in [1.54, 1.807) is 102 Å². The number of nitrogen functional groups attached to an aromatic ring is 1. The van der Waals surface area contributed by atoms with E-state index in [2.05, 4.69) is 44.4 Å². The summed E-state index contributed by atoms with van der Waals surface area (Å²) >= 11 is 0. The number of hydrogen-bond donors (Lipinski definition) is 6. The standard InChI is InChI=1S/C30H26N2O4.C13H15NO6.C8H7N.CH3ClO2S/c1-6-20-10-8-12-22(14-20)16-27(33)23-17-24(19-26(18-23)32-29(35)36-30(3,4)5)28(34)31-25-13-9-11-21(7-2)15-25;1-13(2,3)20-12(19)14-9-5-7(10(15)16)4-8(6-9)11(17)18;1-2-7-4-3-5-8(9)6-7;1-5(2,3)4/h1-2,8-15,17-19H,16H2,3-5H3,(H,31,34)(H,32,35);4-6H,1-3H3,(H,14,19)(H,15,16)(H,17,18);1,3-6H,9H2;1H3. The van der Waals surface area contributed by atoms with Gasteiger partial charge in [-0.15, -0.1) is 19.3 Å². The highest BCUT2D eigenvalue weighted by atomic mass is 35.7. The summed E-state index contributed by atoms with van der Waals surface area (Å²) in [7, 11) is 1.31. The van der Waals surface area contributed by atoms with Crippen molar-refractivity contribution in [2.45, 2.75) is 59.2 Å². The number of halogens is 1. The molecule has 5 aromatic carbocycles. The average molecular weight is 992 g/mol. The van der Waals surface area contributed by atoms with Crippen LogP contribution >= 0.6 is 10.7 Å². The van der Waals surface area contributed by atoms with E-state index in [0.29, 0.717) is 22.5 Å². The second-order valence-corrected chi connectivity index (χ2v) is 19.6. The largest absolute Gasteiger partial charge is 0.478 e. The van der Waals surface area contributed by atoms with Crippen LogP contribution in [-0.2, 0) is 24.9 Å². The van der Waals surface area contributed by atoms with Gasteiger partial charge in [-0.05, 0) is 132 Å². The predicted octanol–water partition coefficient (Wildman–Crippen LogP) is 9.54. The van der Waals surface area contributed by atoms with Gasteiger partial charge in [0, 0.05) is 67.7 Å². The van der Waals surface area contributed by atoms with Crippen LogP contribution in [0.25, 0.3) is 0 Å². The van der Waals surface area contributed by atoms with Crippen molar-refractivity contribution in [1.82, 2.24) is 0 Å². The van der Waals surface area contributed by atoms with E-state index in [-0.39, 0.29) is 45.8 Å². The first-order valence-electron chi connectivity index (χ1n) is 20.4. The number of rotatable bonds is 9. The highest BCUT2D eigenvalue weighted by Gasteiger charge is 2.20. The van der Waals surface area contributed by atoms with Gasteiger partial charge in [-0.2, -0.15) is 0 Å². The van der Waals surface area contributed by atoms with Gasteiger partial charge < -0.3 is 30.7 Å². The van der Waals surface area contributed by atoms with Crippen molar-refractivity contribution in [1.29, 1.82) is 0 Å². The second kappa shape index (κ2) is 26.1. The summed E-state index contributed by atoms with van der Waals surface area (Å²) in [6.45, 7) is 10.2. The molecule has 0 saturated carbocycles. The minimum atomic E-state index is -3.19. The Morgan fingerprint density at radius 3 is 1.41 bits per heavy atom. The molecule has 16 nitrogen and oxygen atoms in total.